The van der Waals surface area contributed by atoms with Crippen LogP contribution in [0, 0.1) is 0 Å². The average Bonchev–Trinajstić information content (AvgIpc) is 2.62. The third-order valence-electron chi connectivity index (χ3n) is 5.60. The molecule has 1 N–H and O–H groups in total. The van der Waals surface area contributed by atoms with Crippen LogP contribution in [0.15, 0.2) is 4.99 Å². The predicted molar refractivity (Wildman–Crippen MR) is 124 cm³/mol. The van der Waals surface area contributed by atoms with E-state index in [0.717, 1.165) is 19.0 Å². The van der Waals surface area contributed by atoms with E-state index in [-0.39, 0.29) is 24.0 Å². The Bertz CT molecular complexity index is 376. The number of halogens is 1. The fourth-order valence-electron chi connectivity index (χ4n) is 4.06. The number of unbranched alkanes of at least 4 members (excludes halogenated alkanes) is 1. The van der Waals surface area contributed by atoms with Crippen LogP contribution in [0.1, 0.15) is 58.8 Å². The molecular weight excluding hydrogens is 443 g/mol. The van der Waals surface area contributed by atoms with Crippen LogP contribution in [-0.2, 0) is 0 Å². The van der Waals surface area contributed by atoms with Gasteiger partial charge in [0.1, 0.15) is 0 Å². The van der Waals surface area contributed by atoms with Crippen molar-refractivity contribution in [2.45, 2.75) is 63.5 Å². The van der Waals surface area contributed by atoms with E-state index < -0.39 is 0 Å². The lowest BCUT2D eigenvalue weighted by Gasteiger charge is -2.45. The zero-order chi connectivity index (χ0) is 17.3. The second-order valence-corrected chi connectivity index (χ2v) is 8.78. The van der Waals surface area contributed by atoms with Gasteiger partial charge >= 0.3 is 0 Å². The molecule has 0 aromatic rings. The van der Waals surface area contributed by atoms with Crippen molar-refractivity contribution >= 4 is 41.7 Å². The summed E-state index contributed by atoms with van der Waals surface area (Å²) in [5.74, 6) is 2.38. The van der Waals surface area contributed by atoms with Crippen LogP contribution in [0.4, 0.5) is 0 Å². The summed E-state index contributed by atoms with van der Waals surface area (Å²) in [6.07, 6.45) is 9.55. The number of guanidine groups is 1. The Balaban J connectivity index is 0.00000312. The number of hydrogen-bond donors (Lipinski definition) is 1. The summed E-state index contributed by atoms with van der Waals surface area (Å²) in [7, 11) is 1.94. The summed E-state index contributed by atoms with van der Waals surface area (Å²) < 4.78 is 0.511. The monoisotopic (exact) mass is 482 g/mol. The Hall–Kier alpha value is 0.310. The summed E-state index contributed by atoms with van der Waals surface area (Å²) in [5.41, 5.74) is 0. The Morgan fingerprint density at radius 2 is 1.88 bits per heavy atom. The zero-order valence-electron chi connectivity index (χ0n) is 16.6. The first-order valence-corrected chi connectivity index (χ1v) is 11.0. The lowest BCUT2D eigenvalue weighted by Crippen LogP contribution is -2.53. The lowest BCUT2D eigenvalue weighted by molar-refractivity contribution is 0.290. The second kappa shape index (κ2) is 12.7. The van der Waals surface area contributed by atoms with E-state index in [4.69, 9.17) is 0 Å². The molecule has 2 aliphatic rings. The van der Waals surface area contributed by atoms with Crippen molar-refractivity contribution in [3.05, 3.63) is 0 Å². The van der Waals surface area contributed by atoms with Crippen molar-refractivity contribution < 1.29 is 0 Å². The molecule has 0 atom stereocenters. The average molecular weight is 483 g/mol. The van der Waals surface area contributed by atoms with E-state index in [2.05, 4.69) is 45.7 Å². The first-order valence-electron chi connectivity index (χ1n) is 10.0. The predicted octanol–water partition coefficient (Wildman–Crippen LogP) is 4.05. The van der Waals surface area contributed by atoms with Crippen molar-refractivity contribution in [3.8, 4) is 0 Å². The zero-order valence-corrected chi connectivity index (χ0v) is 19.7. The molecule has 0 aromatic heterocycles. The SMILES string of the molecule is CCN(CC)CCCCNC(=NC)N1CCSC2(CCCCC2)C1.I. The molecule has 0 aromatic carbocycles. The minimum absolute atomic E-state index is 0. The summed E-state index contributed by atoms with van der Waals surface area (Å²) in [6.45, 7) is 11.4. The number of nitrogens with one attached hydrogen (secondary N) is 1. The maximum absolute atomic E-state index is 4.57. The second-order valence-electron chi connectivity index (χ2n) is 7.22. The van der Waals surface area contributed by atoms with Gasteiger partial charge in [-0.2, -0.15) is 11.8 Å². The van der Waals surface area contributed by atoms with Gasteiger partial charge in [0.2, 0.25) is 0 Å². The third-order valence-corrected chi connectivity index (χ3v) is 7.14. The van der Waals surface area contributed by atoms with E-state index in [1.54, 1.807) is 0 Å². The lowest BCUT2D eigenvalue weighted by atomic mass is 9.87. The van der Waals surface area contributed by atoms with E-state index in [1.807, 2.05) is 7.05 Å². The van der Waals surface area contributed by atoms with E-state index >= 15 is 0 Å². The molecule has 1 aliphatic carbocycles. The molecule has 0 radical (unpaired) electrons. The Morgan fingerprint density at radius 3 is 2.52 bits per heavy atom. The largest absolute Gasteiger partial charge is 0.356 e. The van der Waals surface area contributed by atoms with E-state index in [0.29, 0.717) is 4.75 Å². The first kappa shape index (κ1) is 23.3. The fraction of sp³-hybridized carbons (Fsp3) is 0.947. The molecule has 1 aliphatic heterocycles. The van der Waals surface area contributed by atoms with Gasteiger partial charge in [-0.3, -0.25) is 4.99 Å². The van der Waals surface area contributed by atoms with Gasteiger partial charge in [-0.25, -0.2) is 0 Å². The molecular formula is C19H39IN4S. The van der Waals surface area contributed by atoms with Gasteiger partial charge in [-0.15, -0.1) is 24.0 Å². The highest BCUT2D eigenvalue weighted by Gasteiger charge is 2.38. The van der Waals surface area contributed by atoms with Crippen molar-refractivity contribution in [2.24, 2.45) is 4.99 Å². The van der Waals surface area contributed by atoms with Crippen LogP contribution in [0.2, 0.25) is 0 Å². The Kier molecular flexibility index (Phi) is 11.8. The molecule has 2 fully saturated rings. The van der Waals surface area contributed by atoms with Gasteiger partial charge in [0.25, 0.3) is 0 Å². The molecule has 25 heavy (non-hydrogen) atoms. The molecule has 6 heteroatoms. The van der Waals surface area contributed by atoms with Crippen LogP contribution >= 0.6 is 35.7 Å². The maximum Gasteiger partial charge on any atom is 0.193 e. The number of nitrogens with zero attached hydrogens (tertiary/aromatic N) is 3. The summed E-state index contributed by atoms with van der Waals surface area (Å²) in [6, 6.07) is 0. The third kappa shape index (κ3) is 7.45. The van der Waals surface area contributed by atoms with Gasteiger partial charge in [0.05, 0.1) is 0 Å². The highest BCUT2D eigenvalue weighted by Crippen LogP contribution is 2.42. The molecule has 0 amide bonds. The summed E-state index contributed by atoms with van der Waals surface area (Å²) >= 11 is 2.23. The molecule has 0 unspecified atom stereocenters. The van der Waals surface area contributed by atoms with Crippen LogP contribution in [0.25, 0.3) is 0 Å². The smallest absolute Gasteiger partial charge is 0.193 e. The molecule has 148 valence electrons. The van der Waals surface area contributed by atoms with Crippen molar-refractivity contribution in [1.82, 2.24) is 15.1 Å². The minimum atomic E-state index is 0. The van der Waals surface area contributed by atoms with Gasteiger partial charge in [-0.05, 0) is 45.3 Å². The van der Waals surface area contributed by atoms with E-state index in [1.165, 1.54) is 76.9 Å². The molecule has 1 saturated heterocycles. The van der Waals surface area contributed by atoms with Gasteiger partial charge < -0.3 is 15.1 Å². The van der Waals surface area contributed by atoms with Crippen LogP contribution in [0.3, 0.4) is 0 Å². The van der Waals surface area contributed by atoms with Crippen molar-refractivity contribution in [2.75, 3.05) is 52.1 Å². The molecule has 1 saturated carbocycles. The fourth-order valence-corrected chi connectivity index (χ4v) is 5.63. The summed E-state index contributed by atoms with van der Waals surface area (Å²) in [5, 5.41) is 3.62. The first-order chi connectivity index (χ1) is 11.7. The van der Waals surface area contributed by atoms with Crippen LogP contribution in [0.5, 0.6) is 0 Å². The summed E-state index contributed by atoms with van der Waals surface area (Å²) in [4.78, 5) is 9.59. The molecule has 4 nitrogen and oxygen atoms in total. The minimum Gasteiger partial charge on any atom is -0.356 e. The molecule has 1 spiro atoms. The highest BCUT2D eigenvalue weighted by molar-refractivity contribution is 14.0. The normalized spacial score (nSPS) is 20.6. The highest BCUT2D eigenvalue weighted by atomic mass is 127. The quantitative estimate of drug-likeness (QED) is 0.257. The number of rotatable bonds is 7. The van der Waals surface area contributed by atoms with Gasteiger partial charge in [0.15, 0.2) is 5.96 Å². The van der Waals surface area contributed by atoms with Gasteiger partial charge in [-0.1, -0.05) is 33.1 Å². The molecule has 1 heterocycles. The number of hydrogen-bond acceptors (Lipinski definition) is 3. The topological polar surface area (TPSA) is 30.9 Å². The van der Waals surface area contributed by atoms with Crippen LogP contribution in [-0.4, -0.2) is 72.6 Å². The number of aliphatic imine (C=N–C) groups is 1. The van der Waals surface area contributed by atoms with Gasteiger partial charge in [0, 0.05) is 37.2 Å². The van der Waals surface area contributed by atoms with Crippen molar-refractivity contribution in [3.63, 3.8) is 0 Å². The molecule has 2 rings (SSSR count). The van der Waals surface area contributed by atoms with Crippen LogP contribution < -0.4 is 5.32 Å². The Morgan fingerprint density at radius 1 is 1.16 bits per heavy atom. The number of thioether (sulfide) groups is 1. The van der Waals surface area contributed by atoms with E-state index in [9.17, 15) is 0 Å². The Labute approximate surface area is 177 Å². The maximum atomic E-state index is 4.57. The van der Waals surface area contributed by atoms with Crippen molar-refractivity contribution in [1.29, 1.82) is 0 Å². The standard InChI is InChI=1S/C19H38N4S.HI/c1-4-22(5-2)14-10-9-13-21-18(20-3)23-15-16-24-19(17-23)11-7-6-8-12-19;/h4-17H2,1-3H3,(H,20,21);1H. The molecule has 0 bridgehead atoms.